The summed E-state index contributed by atoms with van der Waals surface area (Å²) in [6.45, 7) is 1.48. The van der Waals surface area contributed by atoms with Crippen LogP contribution in [0, 0.1) is 11.8 Å². The van der Waals surface area contributed by atoms with Gasteiger partial charge in [-0.1, -0.05) is 22.0 Å². The topological polar surface area (TPSA) is 83.7 Å². The SMILES string of the molecule is NC(=O)C1CCN(C(=O)C2CC(=O)N(c3cccc(Br)c3)C2)CC1. The van der Waals surface area contributed by atoms with Crippen molar-refractivity contribution in [1.29, 1.82) is 0 Å². The average molecular weight is 394 g/mol. The molecule has 0 radical (unpaired) electrons. The van der Waals surface area contributed by atoms with Crippen LogP contribution in [-0.4, -0.2) is 42.3 Å². The predicted octanol–water partition coefficient (Wildman–Crippen LogP) is 1.53. The zero-order valence-corrected chi connectivity index (χ0v) is 14.9. The van der Waals surface area contributed by atoms with Crippen LogP contribution >= 0.6 is 15.9 Å². The molecule has 3 rings (SSSR count). The normalized spacial score (nSPS) is 22.0. The first-order valence-electron chi connectivity index (χ1n) is 8.09. The van der Waals surface area contributed by atoms with Gasteiger partial charge >= 0.3 is 0 Å². The smallest absolute Gasteiger partial charge is 0.228 e. The highest BCUT2D eigenvalue weighted by Crippen LogP contribution is 2.29. The Morgan fingerprint density at radius 3 is 2.50 bits per heavy atom. The number of halogens is 1. The third-order valence-electron chi connectivity index (χ3n) is 4.80. The summed E-state index contributed by atoms with van der Waals surface area (Å²) in [6, 6.07) is 7.52. The van der Waals surface area contributed by atoms with Crippen molar-refractivity contribution in [2.45, 2.75) is 19.3 Å². The second-order valence-corrected chi connectivity index (χ2v) is 7.30. The van der Waals surface area contributed by atoms with Crippen LogP contribution in [-0.2, 0) is 14.4 Å². The van der Waals surface area contributed by atoms with Gasteiger partial charge in [-0.3, -0.25) is 14.4 Å². The number of hydrogen-bond acceptors (Lipinski definition) is 3. The van der Waals surface area contributed by atoms with Gasteiger partial charge < -0.3 is 15.5 Å². The van der Waals surface area contributed by atoms with Crippen molar-refractivity contribution >= 4 is 39.3 Å². The van der Waals surface area contributed by atoms with Crippen molar-refractivity contribution in [3.05, 3.63) is 28.7 Å². The van der Waals surface area contributed by atoms with E-state index >= 15 is 0 Å². The van der Waals surface area contributed by atoms with Crippen molar-refractivity contribution in [1.82, 2.24) is 4.90 Å². The summed E-state index contributed by atoms with van der Waals surface area (Å²) in [5.41, 5.74) is 6.13. The average Bonchev–Trinajstić information content (AvgIpc) is 2.96. The molecule has 2 fully saturated rings. The van der Waals surface area contributed by atoms with Crippen molar-refractivity contribution < 1.29 is 14.4 Å². The van der Waals surface area contributed by atoms with Gasteiger partial charge in [0.15, 0.2) is 0 Å². The molecule has 2 heterocycles. The number of piperidine rings is 1. The number of hydrogen-bond donors (Lipinski definition) is 1. The number of rotatable bonds is 3. The Morgan fingerprint density at radius 1 is 1.17 bits per heavy atom. The minimum atomic E-state index is -0.318. The van der Waals surface area contributed by atoms with E-state index in [2.05, 4.69) is 15.9 Å². The number of carbonyl (C=O) groups is 3. The van der Waals surface area contributed by atoms with Crippen LogP contribution in [0.4, 0.5) is 5.69 Å². The van der Waals surface area contributed by atoms with Crippen molar-refractivity contribution in [3.8, 4) is 0 Å². The largest absolute Gasteiger partial charge is 0.369 e. The van der Waals surface area contributed by atoms with Crippen LogP contribution in [0.1, 0.15) is 19.3 Å². The molecule has 0 spiro atoms. The van der Waals surface area contributed by atoms with E-state index in [0.29, 0.717) is 32.5 Å². The maximum Gasteiger partial charge on any atom is 0.228 e. The van der Waals surface area contributed by atoms with E-state index in [4.69, 9.17) is 5.73 Å². The van der Waals surface area contributed by atoms with E-state index in [1.165, 1.54) is 0 Å². The van der Waals surface area contributed by atoms with Gasteiger partial charge in [-0.2, -0.15) is 0 Å². The zero-order valence-electron chi connectivity index (χ0n) is 13.3. The Bertz CT molecular complexity index is 671. The zero-order chi connectivity index (χ0) is 17.3. The first-order valence-corrected chi connectivity index (χ1v) is 8.89. The molecule has 0 aliphatic carbocycles. The number of likely N-dealkylation sites (tertiary alicyclic amines) is 1. The highest BCUT2D eigenvalue weighted by Gasteiger charge is 2.38. The third-order valence-corrected chi connectivity index (χ3v) is 5.30. The summed E-state index contributed by atoms with van der Waals surface area (Å²) in [5, 5.41) is 0. The summed E-state index contributed by atoms with van der Waals surface area (Å²) >= 11 is 3.40. The van der Waals surface area contributed by atoms with Crippen LogP contribution in [0.2, 0.25) is 0 Å². The molecule has 2 N–H and O–H groups in total. The van der Waals surface area contributed by atoms with Crippen molar-refractivity contribution in [2.24, 2.45) is 17.6 Å². The minimum Gasteiger partial charge on any atom is -0.369 e. The molecule has 0 bridgehead atoms. The van der Waals surface area contributed by atoms with E-state index in [1.54, 1.807) is 9.80 Å². The number of nitrogens with two attached hydrogens (primary N) is 1. The molecule has 0 saturated carbocycles. The minimum absolute atomic E-state index is 0.00349. The quantitative estimate of drug-likeness (QED) is 0.844. The molecular formula is C17H20BrN3O3. The van der Waals surface area contributed by atoms with Gasteiger partial charge in [-0.25, -0.2) is 0 Å². The fourth-order valence-corrected chi connectivity index (χ4v) is 3.80. The molecule has 6 nitrogen and oxygen atoms in total. The lowest BCUT2D eigenvalue weighted by Crippen LogP contribution is -2.44. The van der Waals surface area contributed by atoms with Crippen molar-refractivity contribution in [3.63, 3.8) is 0 Å². The van der Waals surface area contributed by atoms with Crippen molar-refractivity contribution in [2.75, 3.05) is 24.5 Å². The number of primary amides is 1. The maximum absolute atomic E-state index is 12.7. The summed E-state index contributed by atoms with van der Waals surface area (Å²) < 4.78 is 0.899. The number of carbonyl (C=O) groups excluding carboxylic acids is 3. The van der Waals surface area contributed by atoms with E-state index in [9.17, 15) is 14.4 Å². The second kappa shape index (κ2) is 6.93. The fourth-order valence-electron chi connectivity index (χ4n) is 3.41. The number of amides is 3. The molecule has 2 aliphatic heterocycles. The molecule has 3 amide bonds. The molecule has 7 heteroatoms. The molecule has 1 aromatic carbocycles. The Morgan fingerprint density at radius 2 is 1.88 bits per heavy atom. The third kappa shape index (κ3) is 3.45. The van der Waals surface area contributed by atoms with Crippen LogP contribution in [0.15, 0.2) is 28.7 Å². The van der Waals surface area contributed by atoms with Crippen LogP contribution in [0.5, 0.6) is 0 Å². The Labute approximate surface area is 149 Å². The van der Waals surface area contributed by atoms with Crippen LogP contribution in [0.3, 0.4) is 0 Å². The Balaban J connectivity index is 1.63. The molecule has 1 unspecified atom stereocenters. The molecule has 2 aliphatic rings. The molecule has 0 aromatic heterocycles. The first-order chi connectivity index (χ1) is 11.5. The number of nitrogens with zero attached hydrogens (tertiary/aromatic N) is 2. The van der Waals surface area contributed by atoms with Crippen LogP contribution in [0.25, 0.3) is 0 Å². The highest BCUT2D eigenvalue weighted by molar-refractivity contribution is 9.10. The highest BCUT2D eigenvalue weighted by atomic mass is 79.9. The maximum atomic E-state index is 12.7. The van der Waals surface area contributed by atoms with E-state index in [-0.39, 0.29) is 36.0 Å². The summed E-state index contributed by atoms with van der Waals surface area (Å²) in [7, 11) is 0. The van der Waals surface area contributed by atoms with Gasteiger partial charge in [0.1, 0.15) is 0 Å². The van der Waals surface area contributed by atoms with E-state index in [1.807, 2.05) is 24.3 Å². The lowest BCUT2D eigenvalue weighted by atomic mass is 9.95. The predicted molar refractivity (Wildman–Crippen MR) is 93.1 cm³/mol. The fraction of sp³-hybridized carbons (Fsp3) is 0.471. The van der Waals surface area contributed by atoms with Gasteiger partial charge in [0.2, 0.25) is 17.7 Å². The second-order valence-electron chi connectivity index (χ2n) is 6.39. The molecule has 24 heavy (non-hydrogen) atoms. The van der Waals surface area contributed by atoms with Gasteiger partial charge in [-0.05, 0) is 31.0 Å². The van der Waals surface area contributed by atoms with Crippen LogP contribution < -0.4 is 10.6 Å². The molecule has 2 saturated heterocycles. The molecular weight excluding hydrogens is 374 g/mol. The van der Waals surface area contributed by atoms with E-state index < -0.39 is 0 Å². The monoisotopic (exact) mass is 393 g/mol. The standard InChI is InChI=1S/C17H20BrN3O3/c18-13-2-1-3-14(9-13)21-10-12(8-15(21)22)17(24)20-6-4-11(5-7-20)16(19)23/h1-3,9,11-12H,4-8,10H2,(H2,19,23). The summed E-state index contributed by atoms with van der Waals surface area (Å²) in [6.07, 6.45) is 1.45. The van der Waals surface area contributed by atoms with Gasteiger partial charge in [0.25, 0.3) is 0 Å². The summed E-state index contributed by atoms with van der Waals surface area (Å²) in [4.78, 5) is 39.6. The Hall–Kier alpha value is -1.89. The molecule has 128 valence electrons. The lowest BCUT2D eigenvalue weighted by Gasteiger charge is -2.32. The van der Waals surface area contributed by atoms with Gasteiger partial charge in [0.05, 0.1) is 5.92 Å². The molecule has 1 aromatic rings. The number of anilines is 1. The summed E-state index contributed by atoms with van der Waals surface area (Å²) in [5.74, 6) is -0.778. The van der Waals surface area contributed by atoms with E-state index in [0.717, 1.165) is 10.2 Å². The molecule has 1 atom stereocenters. The lowest BCUT2D eigenvalue weighted by molar-refractivity contribution is -0.138. The Kier molecular flexibility index (Phi) is 4.89. The van der Waals surface area contributed by atoms with Gasteiger partial charge in [-0.15, -0.1) is 0 Å². The van der Waals surface area contributed by atoms with Gasteiger partial charge in [0, 0.05) is 42.1 Å². The first kappa shape index (κ1) is 17.0. The number of benzene rings is 1.